The number of thiophene rings is 1. The third-order valence-corrected chi connectivity index (χ3v) is 4.32. The Morgan fingerprint density at radius 3 is 2.52 bits per heavy atom. The van der Waals surface area contributed by atoms with Gasteiger partial charge < -0.3 is 14.6 Å². The molecule has 0 fully saturated rings. The quantitative estimate of drug-likeness (QED) is 0.795. The number of hydrogen-bond acceptors (Lipinski definition) is 4. The van der Waals surface area contributed by atoms with Crippen molar-refractivity contribution in [3.05, 3.63) is 45.6 Å². The van der Waals surface area contributed by atoms with Crippen LogP contribution in [0.3, 0.4) is 0 Å². The first-order valence-corrected chi connectivity index (χ1v) is 8.15. The fourth-order valence-electron chi connectivity index (χ4n) is 1.95. The lowest BCUT2D eigenvalue weighted by molar-refractivity contribution is 0.257. The summed E-state index contributed by atoms with van der Waals surface area (Å²) in [7, 11) is 0. The highest BCUT2D eigenvalue weighted by atomic mass is 32.1. The number of rotatable bonds is 8. The van der Waals surface area contributed by atoms with Gasteiger partial charge in [0.25, 0.3) is 0 Å². The van der Waals surface area contributed by atoms with E-state index in [-0.39, 0.29) is 6.61 Å². The average molecular weight is 306 g/mol. The highest BCUT2D eigenvalue weighted by Gasteiger charge is 2.07. The molecule has 2 aromatic rings. The van der Waals surface area contributed by atoms with Gasteiger partial charge in [0.05, 0.1) is 13.2 Å². The molecule has 0 aliphatic carbocycles. The summed E-state index contributed by atoms with van der Waals surface area (Å²) in [6.45, 7) is 5.39. The Bertz CT molecular complexity index is 563. The van der Waals surface area contributed by atoms with Gasteiger partial charge in [-0.25, -0.2) is 0 Å². The molecule has 1 N–H and O–H groups in total. The molecule has 0 atom stereocenters. The minimum absolute atomic E-state index is 0.0337. The zero-order valence-electron chi connectivity index (χ0n) is 12.6. The second-order valence-electron chi connectivity index (χ2n) is 4.79. The maximum Gasteiger partial charge on any atom is 0.129 e. The van der Waals surface area contributed by atoms with Gasteiger partial charge in [-0.1, -0.05) is 13.8 Å². The van der Waals surface area contributed by atoms with Crippen LogP contribution in [0, 0.1) is 0 Å². The van der Waals surface area contributed by atoms with Gasteiger partial charge in [-0.05, 0) is 37.1 Å². The molecule has 1 aromatic carbocycles. The third kappa shape index (κ3) is 4.48. The molecular formula is C17H22O3S. The van der Waals surface area contributed by atoms with E-state index in [0.717, 1.165) is 24.2 Å². The molecule has 0 unspecified atom stereocenters. The van der Waals surface area contributed by atoms with Crippen LogP contribution in [-0.4, -0.2) is 11.7 Å². The van der Waals surface area contributed by atoms with Crippen LogP contribution in [0.4, 0.5) is 0 Å². The zero-order valence-corrected chi connectivity index (χ0v) is 13.4. The predicted molar refractivity (Wildman–Crippen MR) is 86.2 cm³/mol. The summed E-state index contributed by atoms with van der Waals surface area (Å²) < 4.78 is 11.5. The highest BCUT2D eigenvalue weighted by molar-refractivity contribution is 7.11. The van der Waals surface area contributed by atoms with Gasteiger partial charge in [0.2, 0.25) is 0 Å². The Kier molecular flexibility index (Phi) is 6.08. The van der Waals surface area contributed by atoms with Gasteiger partial charge >= 0.3 is 0 Å². The van der Waals surface area contributed by atoms with E-state index in [1.54, 1.807) is 11.3 Å². The van der Waals surface area contributed by atoms with Crippen LogP contribution in [0.15, 0.2) is 30.3 Å². The van der Waals surface area contributed by atoms with Crippen molar-refractivity contribution in [1.29, 1.82) is 0 Å². The molecule has 0 aliphatic rings. The van der Waals surface area contributed by atoms with E-state index in [1.807, 2.05) is 18.2 Å². The van der Waals surface area contributed by atoms with Crippen molar-refractivity contribution < 1.29 is 14.6 Å². The highest BCUT2D eigenvalue weighted by Crippen LogP contribution is 2.27. The molecule has 0 saturated carbocycles. The Balaban J connectivity index is 2.05. The summed E-state index contributed by atoms with van der Waals surface area (Å²) in [6.07, 6.45) is 2.01. The van der Waals surface area contributed by atoms with Crippen LogP contribution in [0.2, 0.25) is 0 Å². The van der Waals surface area contributed by atoms with E-state index in [2.05, 4.69) is 26.0 Å². The number of aryl methyl sites for hydroxylation is 1. The lowest BCUT2D eigenvalue weighted by atomic mass is 10.2. The van der Waals surface area contributed by atoms with Crippen molar-refractivity contribution in [2.45, 2.75) is 39.9 Å². The Morgan fingerprint density at radius 2 is 1.86 bits per heavy atom. The Morgan fingerprint density at radius 1 is 1.05 bits per heavy atom. The van der Waals surface area contributed by atoms with E-state index in [1.165, 1.54) is 9.75 Å². The Hall–Kier alpha value is -1.52. The predicted octanol–water partition coefficient (Wildman–Crippen LogP) is 4.17. The molecule has 0 amide bonds. The maximum atomic E-state index is 9.41. The summed E-state index contributed by atoms with van der Waals surface area (Å²) in [5.74, 6) is 1.47. The van der Waals surface area contributed by atoms with Gasteiger partial charge in [-0.2, -0.15) is 0 Å². The van der Waals surface area contributed by atoms with Gasteiger partial charge in [-0.3, -0.25) is 0 Å². The van der Waals surface area contributed by atoms with Crippen LogP contribution in [0.25, 0.3) is 0 Å². The van der Waals surface area contributed by atoms with Crippen LogP contribution in [0.1, 0.15) is 35.6 Å². The summed E-state index contributed by atoms with van der Waals surface area (Å²) in [4.78, 5) is 2.55. The molecule has 0 spiro atoms. The zero-order chi connectivity index (χ0) is 15.1. The number of aliphatic hydroxyl groups excluding tert-OH is 1. The Labute approximate surface area is 130 Å². The fourth-order valence-corrected chi connectivity index (χ4v) is 2.82. The normalized spacial score (nSPS) is 10.6. The summed E-state index contributed by atoms with van der Waals surface area (Å²) in [5, 5.41) is 9.41. The molecular weight excluding hydrogens is 284 g/mol. The number of ether oxygens (including phenoxy) is 2. The van der Waals surface area contributed by atoms with Crippen LogP contribution < -0.4 is 9.47 Å². The van der Waals surface area contributed by atoms with E-state index in [9.17, 15) is 5.11 Å². The molecule has 0 bridgehead atoms. The lowest BCUT2D eigenvalue weighted by Gasteiger charge is -2.12. The average Bonchev–Trinajstić information content (AvgIpc) is 2.99. The molecule has 1 heterocycles. The van der Waals surface area contributed by atoms with Crippen molar-refractivity contribution in [1.82, 2.24) is 0 Å². The molecule has 1 aromatic heterocycles. The van der Waals surface area contributed by atoms with Crippen molar-refractivity contribution in [3.8, 4) is 11.5 Å². The monoisotopic (exact) mass is 306 g/mol. The summed E-state index contributed by atoms with van der Waals surface area (Å²) in [6, 6.07) is 9.81. The first-order valence-electron chi connectivity index (χ1n) is 7.33. The van der Waals surface area contributed by atoms with E-state index in [0.29, 0.717) is 19.0 Å². The second kappa shape index (κ2) is 8.05. The first-order chi connectivity index (χ1) is 10.3. The second-order valence-corrected chi connectivity index (χ2v) is 6.04. The molecule has 0 aliphatic heterocycles. The van der Waals surface area contributed by atoms with Crippen molar-refractivity contribution in [3.63, 3.8) is 0 Å². The van der Waals surface area contributed by atoms with E-state index >= 15 is 0 Å². The molecule has 3 nitrogen and oxygen atoms in total. The molecule has 114 valence electrons. The smallest absolute Gasteiger partial charge is 0.129 e. The standard InChI is InChI=1S/C17H22O3S/c1-3-9-19-14-6-5-13(11-18)17(10-14)20-12-16-8-7-15(4-2)21-16/h5-8,10,18H,3-4,9,11-12H2,1-2H3. The number of benzene rings is 1. The van der Waals surface area contributed by atoms with Gasteiger partial charge in [0, 0.05) is 21.4 Å². The van der Waals surface area contributed by atoms with E-state index < -0.39 is 0 Å². The van der Waals surface area contributed by atoms with Gasteiger partial charge in [-0.15, -0.1) is 11.3 Å². The van der Waals surface area contributed by atoms with Crippen molar-refractivity contribution in [2.24, 2.45) is 0 Å². The first kappa shape index (κ1) is 15.9. The maximum absolute atomic E-state index is 9.41. The number of aliphatic hydroxyl groups is 1. The molecule has 2 rings (SSSR count). The van der Waals surface area contributed by atoms with Gasteiger partial charge in [0.1, 0.15) is 18.1 Å². The largest absolute Gasteiger partial charge is 0.493 e. The molecule has 0 saturated heterocycles. The summed E-state index contributed by atoms with van der Waals surface area (Å²) in [5.41, 5.74) is 0.783. The lowest BCUT2D eigenvalue weighted by Crippen LogP contribution is -2.00. The fraction of sp³-hybridized carbons (Fsp3) is 0.412. The molecule has 4 heteroatoms. The van der Waals surface area contributed by atoms with E-state index in [4.69, 9.17) is 9.47 Å². The van der Waals surface area contributed by atoms with Crippen molar-refractivity contribution in [2.75, 3.05) is 6.61 Å². The van der Waals surface area contributed by atoms with Crippen LogP contribution >= 0.6 is 11.3 Å². The third-order valence-electron chi connectivity index (χ3n) is 3.12. The minimum Gasteiger partial charge on any atom is -0.493 e. The van der Waals surface area contributed by atoms with Crippen LogP contribution in [0.5, 0.6) is 11.5 Å². The SMILES string of the molecule is CCCOc1ccc(CO)c(OCc2ccc(CC)s2)c1. The topological polar surface area (TPSA) is 38.7 Å². The molecule has 0 radical (unpaired) electrons. The number of hydrogen-bond donors (Lipinski definition) is 1. The minimum atomic E-state index is -0.0337. The van der Waals surface area contributed by atoms with Crippen molar-refractivity contribution >= 4 is 11.3 Å². The molecule has 21 heavy (non-hydrogen) atoms. The van der Waals surface area contributed by atoms with Gasteiger partial charge in [0.15, 0.2) is 0 Å². The van der Waals surface area contributed by atoms with Crippen LogP contribution in [-0.2, 0) is 19.6 Å². The summed E-state index contributed by atoms with van der Waals surface area (Å²) >= 11 is 1.76.